The molecule has 0 heterocycles. The molecule has 3 aromatic rings. The van der Waals surface area contributed by atoms with Crippen molar-refractivity contribution in [3.63, 3.8) is 0 Å². The van der Waals surface area contributed by atoms with Gasteiger partial charge in [0.15, 0.2) is 0 Å². The highest BCUT2D eigenvalue weighted by Crippen LogP contribution is 2.18. The monoisotopic (exact) mass is 347 g/mol. The van der Waals surface area contributed by atoms with Crippen LogP contribution in [0.15, 0.2) is 107 Å². The van der Waals surface area contributed by atoms with Crippen molar-refractivity contribution in [2.75, 3.05) is 0 Å². The first-order valence-corrected chi connectivity index (χ1v) is 8.62. The van der Waals surface area contributed by atoms with Crippen molar-refractivity contribution in [2.24, 2.45) is 4.99 Å². The van der Waals surface area contributed by atoms with Crippen molar-refractivity contribution in [1.29, 1.82) is 0 Å². The summed E-state index contributed by atoms with van der Waals surface area (Å²) in [5.41, 5.74) is 0.826. The minimum absolute atomic E-state index is 0.488. The SMILES string of the molecule is C(=C\C(=Nc1ccccc1)Oc1ccccc1)/SOc1ccccc1. The molecule has 0 unspecified atom stereocenters. The van der Waals surface area contributed by atoms with Gasteiger partial charge in [0.2, 0.25) is 5.90 Å². The van der Waals surface area contributed by atoms with E-state index in [4.69, 9.17) is 8.92 Å². The summed E-state index contributed by atoms with van der Waals surface area (Å²) in [4.78, 5) is 4.54. The summed E-state index contributed by atoms with van der Waals surface area (Å²) in [5, 5.41) is 1.80. The van der Waals surface area contributed by atoms with Gasteiger partial charge < -0.3 is 8.92 Å². The fraction of sp³-hybridized carbons (Fsp3) is 0. The number of hydrogen-bond donors (Lipinski definition) is 0. The van der Waals surface area contributed by atoms with Gasteiger partial charge in [0.1, 0.15) is 11.5 Å². The largest absolute Gasteiger partial charge is 0.439 e. The van der Waals surface area contributed by atoms with Crippen LogP contribution in [-0.2, 0) is 0 Å². The molecule has 0 radical (unpaired) electrons. The lowest BCUT2D eigenvalue weighted by Gasteiger charge is -2.05. The predicted molar refractivity (Wildman–Crippen MR) is 104 cm³/mol. The number of para-hydroxylation sites is 3. The Morgan fingerprint density at radius 3 is 1.92 bits per heavy atom. The lowest BCUT2D eigenvalue weighted by molar-refractivity contribution is 0.556. The Labute approximate surface area is 151 Å². The predicted octanol–water partition coefficient (Wildman–Crippen LogP) is 6.04. The van der Waals surface area contributed by atoms with Crippen LogP contribution in [-0.4, -0.2) is 5.90 Å². The minimum Gasteiger partial charge on any atom is -0.439 e. The maximum Gasteiger partial charge on any atom is 0.220 e. The molecular formula is C21H17NO2S. The third-order valence-electron chi connectivity index (χ3n) is 3.11. The summed E-state index contributed by atoms with van der Waals surface area (Å²) in [6.45, 7) is 0. The van der Waals surface area contributed by atoms with E-state index in [1.807, 2.05) is 91.0 Å². The van der Waals surface area contributed by atoms with Crippen LogP contribution in [0.4, 0.5) is 5.69 Å². The first-order chi connectivity index (χ1) is 12.4. The van der Waals surface area contributed by atoms with Crippen LogP contribution in [0.3, 0.4) is 0 Å². The van der Waals surface area contributed by atoms with Gasteiger partial charge in [-0.3, -0.25) is 0 Å². The molecule has 3 aromatic carbocycles. The second-order valence-electron chi connectivity index (χ2n) is 5.00. The molecule has 0 bridgehead atoms. The van der Waals surface area contributed by atoms with Crippen molar-refractivity contribution in [3.05, 3.63) is 102 Å². The van der Waals surface area contributed by atoms with Gasteiger partial charge in [-0.25, -0.2) is 4.99 Å². The van der Waals surface area contributed by atoms with E-state index in [9.17, 15) is 0 Å². The number of ether oxygens (including phenoxy) is 1. The van der Waals surface area contributed by atoms with E-state index in [-0.39, 0.29) is 0 Å². The second-order valence-corrected chi connectivity index (χ2v) is 5.63. The summed E-state index contributed by atoms with van der Waals surface area (Å²) < 4.78 is 11.4. The summed E-state index contributed by atoms with van der Waals surface area (Å²) in [5.74, 6) is 2.01. The van der Waals surface area contributed by atoms with E-state index in [0.29, 0.717) is 5.90 Å². The van der Waals surface area contributed by atoms with Crippen LogP contribution in [0.2, 0.25) is 0 Å². The molecule has 0 fully saturated rings. The van der Waals surface area contributed by atoms with Crippen molar-refractivity contribution >= 4 is 23.6 Å². The highest BCUT2D eigenvalue weighted by atomic mass is 32.2. The van der Waals surface area contributed by atoms with Gasteiger partial charge in [0, 0.05) is 11.5 Å². The molecule has 3 rings (SSSR count). The van der Waals surface area contributed by atoms with Gasteiger partial charge >= 0.3 is 0 Å². The lowest BCUT2D eigenvalue weighted by atomic mass is 10.3. The zero-order valence-electron chi connectivity index (χ0n) is 13.5. The zero-order chi connectivity index (χ0) is 17.2. The Hall–Kier alpha value is -2.98. The number of nitrogens with zero attached hydrogens (tertiary/aromatic N) is 1. The van der Waals surface area contributed by atoms with Gasteiger partial charge in [-0.2, -0.15) is 0 Å². The Bertz CT molecular complexity index is 818. The van der Waals surface area contributed by atoms with Crippen LogP contribution >= 0.6 is 12.0 Å². The van der Waals surface area contributed by atoms with Gasteiger partial charge in [0.05, 0.1) is 17.7 Å². The van der Waals surface area contributed by atoms with Crippen molar-refractivity contribution < 1.29 is 8.92 Å². The number of hydrogen-bond acceptors (Lipinski definition) is 4. The number of aliphatic imine (C=N–C) groups is 1. The lowest BCUT2D eigenvalue weighted by Crippen LogP contribution is -2.04. The number of benzene rings is 3. The Morgan fingerprint density at radius 1 is 0.720 bits per heavy atom. The third kappa shape index (κ3) is 5.86. The molecule has 0 aromatic heterocycles. The van der Waals surface area contributed by atoms with Gasteiger partial charge in [0.25, 0.3) is 0 Å². The van der Waals surface area contributed by atoms with Gasteiger partial charge in [-0.1, -0.05) is 54.6 Å². The van der Waals surface area contributed by atoms with Crippen molar-refractivity contribution in [3.8, 4) is 11.5 Å². The molecule has 0 aliphatic heterocycles. The maximum absolute atomic E-state index is 5.86. The summed E-state index contributed by atoms with van der Waals surface area (Å²) in [7, 11) is 0. The van der Waals surface area contributed by atoms with Crippen LogP contribution in [0, 0.1) is 0 Å². The van der Waals surface area contributed by atoms with Crippen LogP contribution < -0.4 is 8.92 Å². The molecule has 0 saturated heterocycles. The molecule has 3 nitrogen and oxygen atoms in total. The average Bonchev–Trinajstić information content (AvgIpc) is 2.67. The van der Waals surface area contributed by atoms with E-state index in [2.05, 4.69) is 4.99 Å². The third-order valence-corrected chi connectivity index (χ3v) is 3.65. The van der Waals surface area contributed by atoms with E-state index < -0.39 is 0 Å². The van der Waals surface area contributed by atoms with Gasteiger partial charge in [-0.05, 0) is 36.4 Å². The minimum atomic E-state index is 0.488. The highest BCUT2D eigenvalue weighted by molar-refractivity contribution is 7.97. The molecule has 25 heavy (non-hydrogen) atoms. The maximum atomic E-state index is 5.86. The molecule has 124 valence electrons. The van der Waals surface area contributed by atoms with Crippen LogP contribution in [0.5, 0.6) is 11.5 Å². The molecule has 0 aliphatic carbocycles. The van der Waals surface area contributed by atoms with E-state index in [1.165, 1.54) is 12.0 Å². The Morgan fingerprint density at radius 2 is 1.28 bits per heavy atom. The second kappa shape index (κ2) is 9.35. The van der Waals surface area contributed by atoms with Crippen LogP contribution in [0.25, 0.3) is 0 Å². The molecular weight excluding hydrogens is 330 g/mol. The molecule has 0 aliphatic rings. The first kappa shape index (κ1) is 16.9. The Kier molecular flexibility index (Phi) is 6.31. The molecule has 0 N–H and O–H groups in total. The van der Waals surface area contributed by atoms with E-state index in [0.717, 1.165) is 17.2 Å². The smallest absolute Gasteiger partial charge is 0.220 e. The average molecular weight is 347 g/mol. The quantitative estimate of drug-likeness (QED) is 0.309. The van der Waals surface area contributed by atoms with Crippen molar-refractivity contribution in [2.45, 2.75) is 0 Å². The Balaban J connectivity index is 1.69. The fourth-order valence-electron chi connectivity index (χ4n) is 1.98. The first-order valence-electron chi connectivity index (χ1n) is 7.82. The van der Waals surface area contributed by atoms with E-state index in [1.54, 1.807) is 11.5 Å². The molecule has 4 heteroatoms. The standard InChI is InChI=1S/C21H17NO2S/c1-4-10-18(11-5-1)22-21(23-19-12-6-2-7-13-19)16-17-25-24-20-14-8-3-9-15-20/h1-17H/b17-16+,22-21?. The summed E-state index contributed by atoms with van der Waals surface area (Å²) >= 11 is 1.21. The summed E-state index contributed by atoms with van der Waals surface area (Å²) in [6.07, 6.45) is 1.79. The molecule has 0 atom stereocenters. The molecule has 0 saturated carbocycles. The van der Waals surface area contributed by atoms with E-state index >= 15 is 0 Å². The number of rotatable bonds is 6. The summed E-state index contributed by atoms with van der Waals surface area (Å²) in [6, 6.07) is 28.9. The van der Waals surface area contributed by atoms with Crippen LogP contribution in [0.1, 0.15) is 0 Å². The topological polar surface area (TPSA) is 30.8 Å². The fourth-order valence-corrected chi connectivity index (χ4v) is 2.43. The van der Waals surface area contributed by atoms with Crippen molar-refractivity contribution in [1.82, 2.24) is 0 Å². The molecule has 0 amide bonds. The highest BCUT2D eigenvalue weighted by Gasteiger charge is 2.00. The van der Waals surface area contributed by atoms with Gasteiger partial charge in [-0.15, -0.1) is 0 Å². The zero-order valence-corrected chi connectivity index (χ0v) is 14.3. The normalized spacial score (nSPS) is 11.4. The molecule has 0 spiro atoms.